The molecule has 1 saturated heterocycles. The Balaban J connectivity index is 1.53. The fourth-order valence-electron chi connectivity index (χ4n) is 3.15. The molecule has 0 bridgehead atoms. The van der Waals surface area contributed by atoms with Crippen LogP contribution in [0.1, 0.15) is 5.82 Å². The van der Waals surface area contributed by atoms with Gasteiger partial charge in [-0.05, 0) is 13.0 Å². The van der Waals surface area contributed by atoms with Crippen molar-refractivity contribution in [2.24, 2.45) is 0 Å². The molecule has 0 unspecified atom stereocenters. The SMILES string of the molecule is Cc1nccc(N2CCN(c3ncnc(-c4ccccc4)c3F)CC2)n1. The number of aromatic nitrogens is 4. The van der Waals surface area contributed by atoms with Crippen LogP contribution in [-0.4, -0.2) is 46.1 Å². The highest BCUT2D eigenvalue weighted by atomic mass is 19.1. The van der Waals surface area contributed by atoms with Crippen LogP contribution in [0.3, 0.4) is 0 Å². The van der Waals surface area contributed by atoms with Crippen LogP contribution >= 0.6 is 0 Å². The van der Waals surface area contributed by atoms with Gasteiger partial charge in [-0.2, -0.15) is 0 Å². The van der Waals surface area contributed by atoms with Gasteiger partial charge in [0, 0.05) is 37.9 Å². The quantitative estimate of drug-likeness (QED) is 0.724. The zero-order chi connectivity index (χ0) is 17.9. The maximum atomic E-state index is 15.0. The van der Waals surface area contributed by atoms with Crippen molar-refractivity contribution in [2.45, 2.75) is 6.92 Å². The summed E-state index contributed by atoms with van der Waals surface area (Å²) in [5.41, 5.74) is 1.09. The third-order valence-corrected chi connectivity index (χ3v) is 4.48. The summed E-state index contributed by atoms with van der Waals surface area (Å²) in [6.45, 7) is 4.72. The third kappa shape index (κ3) is 3.20. The largest absolute Gasteiger partial charge is 0.353 e. The molecule has 0 N–H and O–H groups in total. The van der Waals surface area contributed by atoms with Crippen molar-refractivity contribution in [3.63, 3.8) is 0 Å². The second kappa shape index (κ2) is 7.03. The zero-order valence-electron chi connectivity index (χ0n) is 14.5. The minimum Gasteiger partial charge on any atom is -0.353 e. The van der Waals surface area contributed by atoms with Crippen LogP contribution < -0.4 is 9.80 Å². The molecule has 2 aromatic heterocycles. The normalized spacial score (nSPS) is 14.5. The first kappa shape index (κ1) is 16.4. The number of halogens is 1. The van der Waals surface area contributed by atoms with E-state index in [0.29, 0.717) is 24.6 Å². The average Bonchev–Trinajstić information content (AvgIpc) is 2.69. The first-order valence-corrected chi connectivity index (χ1v) is 8.58. The Labute approximate surface area is 151 Å². The van der Waals surface area contributed by atoms with Crippen molar-refractivity contribution in [3.05, 3.63) is 60.6 Å². The summed E-state index contributed by atoms with van der Waals surface area (Å²) in [4.78, 5) is 21.1. The molecule has 1 aliphatic heterocycles. The lowest BCUT2D eigenvalue weighted by Gasteiger charge is -2.36. The minimum absolute atomic E-state index is 0.337. The summed E-state index contributed by atoms with van der Waals surface area (Å²) >= 11 is 0. The first-order valence-electron chi connectivity index (χ1n) is 8.58. The van der Waals surface area contributed by atoms with Crippen LogP contribution in [-0.2, 0) is 0 Å². The molecule has 6 nitrogen and oxygen atoms in total. The molecular formula is C19H19FN6. The van der Waals surface area contributed by atoms with E-state index >= 15 is 4.39 Å². The standard InChI is InChI=1S/C19H19FN6/c1-14-21-8-7-16(24-14)25-9-11-26(12-10-25)19-17(20)18(22-13-23-19)15-5-3-2-4-6-15/h2-8,13H,9-12H2,1H3. The maximum Gasteiger partial charge on any atom is 0.191 e. The number of hydrogen-bond donors (Lipinski definition) is 0. The number of aryl methyl sites for hydroxylation is 1. The molecule has 0 spiro atoms. The van der Waals surface area contributed by atoms with E-state index in [0.717, 1.165) is 30.3 Å². The molecule has 4 rings (SSSR count). The maximum absolute atomic E-state index is 15.0. The predicted octanol–water partition coefficient (Wildman–Crippen LogP) is 2.71. The van der Waals surface area contributed by atoms with Gasteiger partial charge in [-0.15, -0.1) is 0 Å². The van der Waals surface area contributed by atoms with Crippen molar-refractivity contribution >= 4 is 11.6 Å². The van der Waals surface area contributed by atoms with Gasteiger partial charge in [0.1, 0.15) is 23.7 Å². The summed E-state index contributed by atoms with van der Waals surface area (Å²) in [5, 5.41) is 0. The van der Waals surface area contributed by atoms with E-state index in [2.05, 4.69) is 24.8 Å². The molecule has 0 atom stereocenters. The Kier molecular flexibility index (Phi) is 4.43. The molecule has 1 aromatic carbocycles. The highest BCUT2D eigenvalue weighted by Gasteiger charge is 2.23. The summed E-state index contributed by atoms with van der Waals surface area (Å²) in [6.07, 6.45) is 3.20. The minimum atomic E-state index is -0.370. The monoisotopic (exact) mass is 350 g/mol. The van der Waals surface area contributed by atoms with E-state index in [1.165, 1.54) is 6.33 Å². The number of anilines is 2. The van der Waals surface area contributed by atoms with E-state index in [1.54, 1.807) is 6.20 Å². The van der Waals surface area contributed by atoms with E-state index < -0.39 is 0 Å². The summed E-state index contributed by atoms with van der Waals surface area (Å²) in [5.74, 6) is 1.65. The third-order valence-electron chi connectivity index (χ3n) is 4.48. The van der Waals surface area contributed by atoms with Gasteiger partial charge in [0.15, 0.2) is 11.6 Å². The highest BCUT2D eigenvalue weighted by Crippen LogP contribution is 2.27. The molecule has 0 saturated carbocycles. The number of piperazine rings is 1. The topological polar surface area (TPSA) is 58.0 Å². The van der Waals surface area contributed by atoms with Gasteiger partial charge in [0.25, 0.3) is 0 Å². The van der Waals surface area contributed by atoms with E-state index in [1.807, 2.05) is 48.2 Å². The average molecular weight is 350 g/mol. The number of hydrogen-bond acceptors (Lipinski definition) is 6. The lowest BCUT2D eigenvalue weighted by molar-refractivity contribution is 0.584. The van der Waals surface area contributed by atoms with Crippen LogP contribution in [0.25, 0.3) is 11.3 Å². The van der Waals surface area contributed by atoms with Gasteiger partial charge < -0.3 is 9.80 Å². The Morgan fingerprint density at radius 2 is 1.62 bits per heavy atom. The summed E-state index contributed by atoms with van der Waals surface area (Å²) in [6, 6.07) is 11.3. The predicted molar refractivity (Wildman–Crippen MR) is 98.6 cm³/mol. The number of nitrogens with zero attached hydrogens (tertiary/aromatic N) is 6. The summed E-state index contributed by atoms with van der Waals surface area (Å²) < 4.78 is 15.0. The molecule has 1 fully saturated rings. The smallest absolute Gasteiger partial charge is 0.191 e. The van der Waals surface area contributed by atoms with Crippen LogP contribution in [0, 0.1) is 12.7 Å². The summed E-state index contributed by atoms with van der Waals surface area (Å²) in [7, 11) is 0. The molecule has 7 heteroatoms. The number of rotatable bonds is 3. The van der Waals surface area contributed by atoms with Gasteiger partial charge in [-0.3, -0.25) is 0 Å². The molecule has 1 aliphatic rings. The molecule has 3 aromatic rings. The lowest BCUT2D eigenvalue weighted by Crippen LogP contribution is -2.47. The Morgan fingerprint density at radius 3 is 2.35 bits per heavy atom. The van der Waals surface area contributed by atoms with Gasteiger partial charge in [-0.25, -0.2) is 24.3 Å². The molecule has 0 aliphatic carbocycles. The van der Waals surface area contributed by atoms with E-state index in [-0.39, 0.29) is 5.82 Å². The Bertz CT molecular complexity index is 894. The van der Waals surface area contributed by atoms with Crippen molar-refractivity contribution < 1.29 is 4.39 Å². The van der Waals surface area contributed by atoms with Gasteiger partial charge in [-0.1, -0.05) is 30.3 Å². The van der Waals surface area contributed by atoms with Crippen LogP contribution in [0.5, 0.6) is 0 Å². The van der Waals surface area contributed by atoms with Crippen LogP contribution in [0.15, 0.2) is 48.9 Å². The van der Waals surface area contributed by atoms with E-state index in [9.17, 15) is 0 Å². The lowest BCUT2D eigenvalue weighted by atomic mass is 10.1. The van der Waals surface area contributed by atoms with E-state index in [4.69, 9.17) is 0 Å². The van der Waals surface area contributed by atoms with Crippen LogP contribution in [0.4, 0.5) is 16.0 Å². The Morgan fingerprint density at radius 1 is 0.885 bits per heavy atom. The highest BCUT2D eigenvalue weighted by molar-refractivity contribution is 5.64. The Hall–Kier alpha value is -3.09. The van der Waals surface area contributed by atoms with Crippen molar-refractivity contribution in [1.29, 1.82) is 0 Å². The first-order chi connectivity index (χ1) is 12.7. The van der Waals surface area contributed by atoms with Crippen molar-refractivity contribution in [3.8, 4) is 11.3 Å². The van der Waals surface area contributed by atoms with Crippen molar-refractivity contribution in [2.75, 3.05) is 36.0 Å². The van der Waals surface area contributed by atoms with Gasteiger partial charge in [0.2, 0.25) is 0 Å². The molecular weight excluding hydrogens is 331 g/mol. The fourth-order valence-corrected chi connectivity index (χ4v) is 3.15. The number of benzene rings is 1. The fraction of sp³-hybridized carbons (Fsp3) is 0.263. The van der Waals surface area contributed by atoms with Crippen LogP contribution in [0.2, 0.25) is 0 Å². The van der Waals surface area contributed by atoms with Gasteiger partial charge >= 0.3 is 0 Å². The molecule has 26 heavy (non-hydrogen) atoms. The van der Waals surface area contributed by atoms with Gasteiger partial charge in [0.05, 0.1) is 0 Å². The molecule has 0 radical (unpaired) electrons. The molecule has 3 heterocycles. The molecule has 0 amide bonds. The van der Waals surface area contributed by atoms with Crippen molar-refractivity contribution in [1.82, 2.24) is 19.9 Å². The second-order valence-corrected chi connectivity index (χ2v) is 6.16. The second-order valence-electron chi connectivity index (χ2n) is 6.16. The zero-order valence-corrected chi connectivity index (χ0v) is 14.5. The molecule has 132 valence electrons.